The average molecular weight is 417 g/mol. The van der Waals surface area contributed by atoms with Gasteiger partial charge >= 0.3 is 0 Å². The van der Waals surface area contributed by atoms with Crippen LogP contribution in [-0.4, -0.2) is 23.1 Å². The molecular formula is C26H28N2OS. The molecule has 4 rings (SSSR count). The molecule has 0 radical (unpaired) electrons. The van der Waals surface area contributed by atoms with Crippen LogP contribution < -0.4 is 10.6 Å². The number of benzene rings is 3. The van der Waals surface area contributed by atoms with Gasteiger partial charge in [-0.3, -0.25) is 10.1 Å². The number of thioether (sulfide) groups is 1. The van der Waals surface area contributed by atoms with E-state index in [1.165, 1.54) is 0 Å². The lowest BCUT2D eigenvalue weighted by atomic mass is 9.76. The van der Waals surface area contributed by atoms with E-state index >= 15 is 0 Å². The summed E-state index contributed by atoms with van der Waals surface area (Å²) in [6, 6.07) is 31.0. The highest BCUT2D eigenvalue weighted by molar-refractivity contribution is 8.00. The zero-order valence-corrected chi connectivity index (χ0v) is 18.2. The number of hydrogen-bond donors (Lipinski definition) is 2. The molecule has 3 nitrogen and oxygen atoms in total. The number of amides is 1. The molecule has 0 saturated carbocycles. The maximum absolute atomic E-state index is 12.7. The van der Waals surface area contributed by atoms with Gasteiger partial charge in [0.05, 0.1) is 10.9 Å². The summed E-state index contributed by atoms with van der Waals surface area (Å²) < 4.78 is 0. The summed E-state index contributed by atoms with van der Waals surface area (Å²) in [4.78, 5) is 12.7. The average Bonchev–Trinajstić information content (AvgIpc) is 2.79. The number of carbonyl (C=O) groups is 1. The van der Waals surface area contributed by atoms with E-state index in [1.54, 1.807) is 0 Å². The molecule has 30 heavy (non-hydrogen) atoms. The number of hydrogen-bond acceptors (Lipinski definition) is 3. The fourth-order valence-corrected chi connectivity index (χ4v) is 5.15. The van der Waals surface area contributed by atoms with Crippen LogP contribution in [0.15, 0.2) is 91.0 Å². The Bertz CT molecular complexity index is 863. The Morgan fingerprint density at radius 1 is 0.833 bits per heavy atom. The molecule has 0 spiro atoms. The molecule has 1 heterocycles. The van der Waals surface area contributed by atoms with E-state index in [0.29, 0.717) is 5.92 Å². The Balaban J connectivity index is 1.82. The molecule has 1 amide bonds. The van der Waals surface area contributed by atoms with Gasteiger partial charge in [-0.05, 0) is 28.4 Å². The SMILES string of the molecule is CC(C)CSC1NC(=O)C1NC(c1ccccc1)(c1ccccc1)c1ccccc1. The van der Waals surface area contributed by atoms with Crippen molar-refractivity contribution in [2.75, 3.05) is 5.75 Å². The van der Waals surface area contributed by atoms with Crippen molar-refractivity contribution in [1.29, 1.82) is 0 Å². The third-order valence-electron chi connectivity index (χ3n) is 5.47. The van der Waals surface area contributed by atoms with Crippen LogP contribution in [0.4, 0.5) is 0 Å². The highest BCUT2D eigenvalue weighted by atomic mass is 32.2. The molecule has 2 unspecified atom stereocenters. The summed E-state index contributed by atoms with van der Waals surface area (Å²) >= 11 is 1.81. The minimum absolute atomic E-state index is 0.0587. The van der Waals surface area contributed by atoms with Gasteiger partial charge in [0.1, 0.15) is 6.04 Å². The molecule has 1 saturated heterocycles. The van der Waals surface area contributed by atoms with Crippen molar-refractivity contribution < 1.29 is 4.79 Å². The zero-order valence-electron chi connectivity index (χ0n) is 17.4. The third kappa shape index (κ3) is 4.03. The van der Waals surface area contributed by atoms with Gasteiger partial charge in [-0.25, -0.2) is 0 Å². The monoisotopic (exact) mass is 416 g/mol. The van der Waals surface area contributed by atoms with Crippen LogP contribution in [0.25, 0.3) is 0 Å². The fraction of sp³-hybridized carbons (Fsp3) is 0.269. The fourth-order valence-electron chi connectivity index (χ4n) is 3.98. The lowest BCUT2D eigenvalue weighted by molar-refractivity contribution is -0.129. The number of rotatable bonds is 8. The van der Waals surface area contributed by atoms with Gasteiger partial charge in [0.2, 0.25) is 5.91 Å². The van der Waals surface area contributed by atoms with Gasteiger partial charge < -0.3 is 5.32 Å². The van der Waals surface area contributed by atoms with Gasteiger partial charge in [-0.1, -0.05) is 105 Å². The van der Waals surface area contributed by atoms with Crippen LogP contribution in [0.1, 0.15) is 30.5 Å². The normalized spacial score (nSPS) is 18.7. The van der Waals surface area contributed by atoms with Gasteiger partial charge in [0.15, 0.2) is 0 Å². The first kappa shape index (κ1) is 20.7. The molecule has 2 N–H and O–H groups in total. The first-order chi connectivity index (χ1) is 14.6. The van der Waals surface area contributed by atoms with Crippen LogP contribution in [0.3, 0.4) is 0 Å². The Morgan fingerprint density at radius 2 is 1.27 bits per heavy atom. The van der Waals surface area contributed by atoms with Crippen molar-refractivity contribution in [3.63, 3.8) is 0 Å². The van der Waals surface area contributed by atoms with Crippen LogP contribution in [0.2, 0.25) is 0 Å². The second-order valence-electron chi connectivity index (χ2n) is 8.13. The number of carbonyl (C=O) groups excluding carboxylic acids is 1. The van der Waals surface area contributed by atoms with E-state index in [-0.39, 0.29) is 17.3 Å². The highest BCUT2D eigenvalue weighted by Gasteiger charge is 2.47. The largest absolute Gasteiger partial charge is 0.341 e. The Kier molecular flexibility index (Phi) is 6.26. The predicted molar refractivity (Wildman–Crippen MR) is 125 cm³/mol. The Hall–Kier alpha value is -2.56. The minimum Gasteiger partial charge on any atom is -0.341 e. The molecule has 0 aromatic heterocycles. The van der Waals surface area contributed by atoms with Gasteiger partial charge in [-0.15, -0.1) is 11.8 Å². The molecule has 3 aromatic rings. The summed E-state index contributed by atoms with van der Waals surface area (Å²) in [5.41, 5.74) is 2.74. The lowest BCUT2D eigenvalue weighted by Crippen LogP contribution is -2.70. The molecule has 1 fully saturated rings. The van der Waals surface area contributed by atoms with E-state index in [0.717, 1.165) is 22.4 Å². The molecule has 4 heteroatoms. The van der Waals surface area contributed by atoms with Crippen LogP contribution in [-0.2, 0) is 10.3 Å². The van der Waals surface area contributed by atoms with Gasteiger partial charge in [-0.2, -0.15) is 0 Å². The molecule has 0 aliphatic carbocycles. The van der Waals surface area contributed by atoms with Crippen molar-refractivity contribution in [3.05, 3.63) is 108 Å². The number of β-lactam (4-membered cyclic amide) rings is 1. The first-order valence-electron chi connectivity index (χ1n) is 10.5. The highest BCUT2D eigenvalue weighted by Crippen LogP contribution is 2.39. The maximum Gasteiger partial charge on any atom is 0.241 e. The Morgan fingerprint density at radius 3 is 1.63 bits per heavy atom. The smallest absolute Gasteiger partial charge is 0.241 e. The van der Waals surface area contributed by atoms with E-state index in [1.807, 2.05) is 30.0 Å². The molecule has 1 aliphatic heterocycles. The summed E-state index contributed by atoms with van der Waals surface area (Å²) in [6.45, 7) is 4.41. The van der Waals surface area contributed by atoms with Crippen molar-refractivity contribution in [1.82, 2.24) is 10.6 Å². The second kappa shape index (κ2) is 9.07. The maximum atomic E-state index is 12.7. The minimum atomic E-state index is -0.622. The molecular weight excluding hydrogens is 388 g/mol. The molecule has 2 atom stereocenters. The third-order valence-corrected chi connectivity index (χ3v) is 7.08. The first-order valence-corrected chi connectivity index (χ1v) is 11.5. The predicted octanol–water partition coefficient (Wildman–Crippen LogP) is 4.78. The van der Waals surface area contributed by atoms with Crippen molar-refractivity contribution >= 4 is 17.7 Å². The van der Waals surface area contributed by atoms with Crippen LogP contribution >= 0.6 is 11.8 Å². The molecule has 3 aromatic carbocycles. The van der Waals surface area contributed by atoms with Crippen molar-refractivity contribution in [2.24, 2.45) is 5.92 Å². The van der Waals surface area contributed by atoms with Crippen LogP contribution in [0, 0.1) is 5.92 Å². The van der Waals surface area contributed by atoms with Gasteiger partial charge in [0.25, 0.3) is 0 Å². The van der Waals surface area contributed by atoms with Crippen LogP contribution in [0.5, 0.6) is 0 Å². The van der Waals surface area contributed by atoms with Crippen molar-refractivity contribution in [3.8, 4) is 0 Å². The van der Waals surface area contributed by atoms with E-state index < -0.39 is 5.54 Å². The van der Waals surface area contributed by atoms with Crippen molar-refractivity contribution in [2.45, 2.75) is 30.8 Å². The standard InChI is InChI=1S/C26H28N2OS/c1-19(2)18-30-25-23(24(29)27-25)28-26(20-12-6-3-7-13-20,21-14-8-4-9-15-21)22-16-10-5-11-17-22/h3-17,19,23,25,28H,18H2,1-2H3,(H,27,29). The topological polar surface area (TPSA) is 41.1 Å². The summed E-state index contributed by atoms with van der Waals surface area (Å²) in [7, 11) is 0. The lowest BCUT2D eigenvalue weighted by Gasteiger charge is -2.45. The second-order valence-corrected chi connectivity index (χ2v) is 9.30. The number of nitrogens with one attached hydrogen (secondary N) is 2. The molecule has 0 bridgehead atoms. The van der Waals surface area contributed by atoms with Gasteiger partial charge in [0, 0.05) is 0 Å². The summed E-state index contributed by atoms with van der Waals surface area (Å²) in [5, 5.41) is 6.96. The van der Waals surface area contributed by atoms with E-state index in [2.05, 4.69) is 97.3 Å². The molecule has 1 aliphatic rings. The van der Waals surface area contributed by atoms with E-state index in [4.69, 9.17) is 0 Å². The van der Waals surface area contributed by atoms with E-state index in [9.17, 15) is 4.79 Å². The zero-order chi connectivity index (χ0) is 21.0. The quantitative estimate of drug-likeness (QED) is 0.410. The molecule has 154 valence electrons. The Labute approximate surface area is 183 Å². The summed E-state index contributed by atoms with van der Waals surface area (Å²) in [6.07, 6.45) is 0. The summed E-state index contributed by atoms with van der Waals surface area (Å²) in [5.74, 6) is 1.65.